The first-order valence-electron chi connectivity index (χ1n) is 7.54. The van der Waals surface area contributed by atoms with Crippen molar-refractivity contribution in [2.75, 3.05) is 18.2 Å². The maximum Gasteiger partial charge on any atom is 0.341 e. The largest absolute Gasteiger partial charge is 0.495 e. The normalized spacial score (nSPS) is 11.5. The van der Waals surface area contributed by atoms with Crippen molar-refractivity contribution >= 4 is 34.9 Å². The minimum absolute atomic E-state index is 0.111. The van der Waals surface area contributed by atoms with Crippen molar-refractivity contribution in [3.63, 3.8) is 0 Å². The molecule has 0 aromatic heterocycles. The van der Waals surface area contributed by atoms with Gasteiger partial charge >= 0.3 is 5.97 Å². The minimum Gasteiger partial charge on any atom is -0.495 e. The molecular weight excluding hydrogens is 344 g/mol. The molecule has 0 aliphatic heterocycles. The number of hydrogen-bond donors (Lipinski definition) is 2. The van der Waals surface area contributed by atoms with Crippen molar-refractivity contribution in [2.45, 2.75) is 20.0 Å². The summed E-state index contributed by atoms with van der Waals surface area (Å²) in [4.78, 5) is 24.5. The summed E-state index contributed by atoms with van der Waals surface area (Å²) in [7, 11) is 1.51. The average Bonchev–Trinajstić information content (AvgIpc) is 2.57. The fourth-order valence-electron chi connectivity index (χ4n) is 2.15. The number of rotatable bonds is 5. The van der Waals surface area contributed by atoms with Gasteiger partial charge in [-0.3, -0.25) is 4.79 Å². The third kappa shape index (κ3) is 4.42. The fraction of sp³-hybridized carbons (Fsp3) is 0.222. The number of esters is 1. The van der Waals surface area contributed by atoms with Crippen LogP contribution in [0, 0.1) is 6.92 Å². The van der Waals surface area contributed by atoms with Crippen LogP contribution in [0.3, 0.4) is 0 Å². The van der Waals surface area contributed by atoms with Gasteiger partial charge in [0.1, 0.15) is 5.75 Å². The molecule has 0 saturated heterocycles. The molecule has 0 radical (unpaired) electrons. The number of nitrogens with two attached hydrogens (primary N) is 1. The second-order valence-electron chi connectivity index (χ2n) is 5.44. The van der Waals surface area contributed by atoms with E-state index in [-0.39, 0.29) is 16.3 Å². The molecule has 0 aliphatic carbocycles. The van der Waals surface area contributed by atoms with Crippen molar-refractivity contribution < 1.29 is 19.1 Å². The predicted octanol–water partition coefficient (Wildman–Crippen LogP) is 3.42. The number of benzene rings is 2. The van der Waals surface area contributed by atoms with E-state index < -0.39 is 18.0 Å². The zero-order valence-electron chi connectivity index (χ0n) is 14.1. The third-order valence-corrected chi connectivity index (χ3v) is 3.87. The van der Waals surface area contributed by atoms with Crippen molar-refractivity contribution in [2.24, 2.45) is 0 Å². The maximum atomic E-state index is 12.3. The first-order valence-corrected chi connectivity index (χ1v) is 7.91. The quantitative estimate of drug-likeness (QED) is 0.628. The number of amides is 1. The lowest BCUT2D eigenvalue weighted by Gasteiger charge is -2.16. The molecule has 0 heterocycles. The SMILES string of the molecule is COc1ccc(C)cc1NC(=O)C(C)OC(=O)c1cccc(Cl)c1N. The van der Waals surface area contributed by atoms with E-state index in [9.17, 15) is 9.59 Å². The Kier molecular flexibility index (Phi) is 5.88. The lowest BCUT2D eigenvalue weighted by molar-refractivity contribution is -0.123. The van der Waals surface area contributed by atoms with E-state index in [0.717, 1.165) is 5.56 Å². The Hall–Kier alpha value is -2.73. The maximum absolute atomic E-state index is 12.3. The summed E-state index contributed by atoms with van der Waals surface area (Å²) < 4.78 is 10.4. The van der Waals surface area contributed by atoms with Gasteiger partial charge in [-0.2, -0.15) is 0 Å². The number of ether oxygens (including phenoxy) is 2. The smallest absolute Gasteiger partial charge is 0.341 e. The monoisotopic (exact) mass is 362 g/mol. The number of methoxy groups -OCH3 is 1. The Labute approximate surface area is 150 Å². The Morgan fingerprint density at radius 1 is 1.24 bits per heavy atom. The minimum atomic E-state index is -1.03. The molecule has 7 heteroatoms. The molecule has 1 atom stereocenters. The molecule has 1 amide bonds. The number of para-hydroxylation sites is 1. The van der Waals surface area contributed by atoms with E-state index in [1.54, 1.807) is 24.3 Å². The summed E-state index contributed by atoms with van der Waals surface area (Å²) in [6.45, 7) is 3.36. The van der Waals surface area contributed by atoms with Gasteiger partial charge in [-0.25, -0.2) is 4.79 Å². The predicted molar refractivity (Wildman–Crippen MR) is 97.1 cm³/mol. The molecule has 0 fully saturated rings. The number of carbonyl (C=O) groups excluding carboxylic acids is 2. The van der Waals surface area contributed by atoms with Gasteiger partial charge in [-0.1, -0.05) is 23.7 Å². The van der Waals surface area contributed by atoms with Gasteiger partial charge in [0.15, 0.2) is 6.10 Å². The topological polar surface area (TPSA) is 90.6 Å². The molecule has 3 N–H and O–H groups in total. The van der Waals surface area contributed by atoms with Crippen LogP contribution in [-0.2, 0) is 9.53 Å². The van der Waals surface area contributed by atoms with E-state index >= 15 is 0 Å². The van der Waals surface area contributed by atoms with Crippen LogP contribution in [0.25, 0.3) is 0 Å². The molecule has 0 spiro atoms. The van der Waals surface area contributed by atoms with Crippen LogP contribution in [0.15, 0.2) is 36.4 Å². The average molecular weight is 363 g/mol. The lowest BCUT2D eigenvalue weighted by atomic mass is 10.2. The Bertz CT molecular complexity index is 808. The summed E-state index contributed by atoms with van der Waals surface area (Å²) in [5, 5.41) is 2.93. The van der Waals surface area contributed by atoms with Gasteiger partial charge in [0.05, 0.1) is 29.1 Å². The molecule has 25 heavy (non-hydrogen) atoms. The van der Waals surface area contributed by atoms with Gasteiger partial charge in [-0.05, 0) is 43.7 Å². The molecule has 0 bridgehead atoms. The number of anilines is 2. The summed E-state index contributed by atoms with van der Waals surface area (Å²) in [5.74, 6) is -0.701. The van der Waals surface area contributed by atoms with Gasteiger partial charge in [0.2, 0.25) is 0 Å². The van der Waals surface area contributed by atoms with Crippen LogP contribution >= 0.6 is 11.6 Å². The van der Waals surface area contributed by atoms with E-state index in [2.05, 4.69) is 5.32 Å². The Morgan fingerprint density at radius 3 is 2.64 bits per heavy atom. The highest BCUT2D eigenvalue weighted by molar-refractivity contribution is 6.33. The van der Waals surface area contributed by atoms with Crippen LogP contribution in [0.5, 0.6) is 5.75 Å². The summed E-state index contributed by atoms with van der Waals surface area (Å²) in [5.41, 5.74) is 7.44. The van der Waals surface area contributed by atoms with Crippen molar-refractivity contribution in [3.8, 4) is 5.75 Å². The number of aryl methyl sites for hydroxylation is 1. The molecule has 0 aliphatic rings. The van der Waals surface area contributed by atoms with Crippen LogP contribution in [-0.4, -0.2) is 25.1 Å². The highest BCUT2D eigenvalue weighted by Gasteiger charge is 2.22. The number of nitrogens with one attached hydrogen (secondary N) is 1. The van der Waals surface area contributed by atoms with Crippen molar-refractivity contribution in [1.29, 1.82) is 0 Å². The highest BCUT2D eigenvalue weighted by atomic mass is 35.5. The Balaban J connectivity index is 2.09. The van der Waals surface area contributed by atoms with Crippen molar-refractivity contribution in [3.05, 3.63) is 52.5 Å². The number of nitrogen functional groups attached to an aromatic ring is 1. The third-order valence-electron chi connectivity index (χ3n) is 3.54. The van der Waals surface area contributed by atoms with E-state index in [1.165, 1.54) is 20.1 Å². The molecular formula is C18H19ClN2O4. The molecule has 1 unspecified atom stereocenters. The van der Waals surface area contributed by atoms with Gasteiger partial charge in [0, 0.05) is 0 Å². The lowest BCUT2D eigenvalue weighted by Crippen LogP contribution is -2.30. The number of hydrogen-bond acceptors (Lipinski definition) is 5. The zero-order chi connectivity index (χ0) is 18.6. The summed E-state index contributed by atoms with van der Waals surface area (Å²) in [6.07, 6.45) is -1.03. The standard InChI is InChI=1S/C18H19ClN2O4/c1-10-7-8-15(24-3)14(9-10)21-17(22)11(2)25-18(23)12-5-4-6-13(19)16(12)20/h4-9,11H,20H2,1-3H3,(H,21,22). The van der Waals surface area contributed by atoms with Gasteiger partial charge < -0.3 is 20.5 Å². The Morgan fingerprint density at radius 2 is 1.96 bits per heavy atom. The molecule has 132 valence electrons. The van der Waals surface area contributed by atoms with Crippen LogP contribution < -0.4 is 15.8 Å². The van der Waals surface area contributed by atoms with Gasteiger partial charge in [0.25, 0.3) is 5.91 Å². The summed E-state index contributed by atoms with van der Waals surface area (Å²) in [6, 6.07) is 10.00. The first-order chi connectivity index (χ1) is 11.8. The number of halogens is 1. The fourth-order valence-corrected chi connectivity index (χ4v) is 2.32. The zero-order valence-corrected chi connectivity index (χ0v) is 14.9. The van der Waals surface area contributed by atoms with Crippen LogP contribution in [0.2, 0.25) is 5.02 Å². The van der Waals surface area contributed by atoms with E-state index in [0.29, 0.717) is 11.4 Å². The molecule has 0 saturated carbocycles. The van der Waals surface area contributed by atoms with E-state index in [1.807, 2.05) is 13.0 Å². The molecule has 2 aromatic carbocycles. The van der Waals surface area contributed by atoms with Crippen LogP contribution in [0.4, 0.5) is 11.4 Å². The molecule has 2 aromatic rings. The van der Waals surface area contributed by atoms with E-state index in [4.69, 9.17) is 26.8 Å². The summed E-state index contributed by atoms with van der Waals surface area (Å²) >= 11 is 5.89. The first kappa shape index (κ1) is 18.6. The second kappa shape index (κ2) is 7.90. The van der Waals surface area contributed by atoms with Crippen molar-refractivity contribution in [1.82, 2.24) is 0 Å². The molecule has 2 rings (SSSR count). The number of carbonyl (C=O) groups is 2. The second-order valence-corrected chi connectivity index (χ2v) is 5.85. The van der Waals surface area contributed by atoms with Crippen LogP contribution in [0.1, 0.15) is 22.8 Å². The van der Waals surface area contributed by atoms with Gasteiger partial charge in [-0.15, -0.1) is 0 Å². The molecule has 6 nitrogen and oxygen atoms in total. The highest BCUT2D eigenvalue weighted by Crippen LogP contribution is 2.26.